The zero-order valence-electron chi connectivity index (χ0n) is 17.3. The van der Waals surface area contributed by atoms with Crippen LogP contribution in [0.2, 0.25) is 0 Å². The predicted octanol–water partition coefficient (Wildman–Crippen LogP) is 3.28. The smallest absolute Gasteiger partial charge is 0.251 e. The maximum absolute atomic E-state index is 12.5. The van der Waals surface area contributed by atoms with Crippen LogP contribution in [0.1, 0.15) is 33.6 Å². The van der Waals surface area contributed by atoms with Gasteiger partial charge in [0.1, 0.15) is 0 Å². The number of carbonyl (C=O) groups is 2. The number of nitrogens with one attached hydrogen (secondary N) is 2. The average molecular weight is 470 g/mol. The van der Waals surface area contributed by atoms with E-state index in [0.29, 0.717) is 18.5 Å². The maximum Gasteiger partial charge on any atom is 0.251 e. The van der Waals surface area contributed by atoms with Crippen molar-refractivity contribution in [2.45, 2.75) is 30.8 Å². The summed E-state index contributed by atoms with van der Waals surface area (Å²) in [7, 11) is -3.65. The molecule has 2 N–H and O–H groups in total. The molecular formula is C23H23N3O4S2. The van der Waals surface area contributed by atoms with E-state index in [4.69, 9.17) is 0 Å². The zero-order chi connectivity index (χ0) is 22.6. The predicted molar refractivity (Wildman–Crippen MR) is 124 cm³/mol. The van der Waals surface area contributed by atoms with Gasteiger partial charge >= 0.3 is 0 Å². The Morgan fingerprint density at radius 3 is 2.38 bits per heavy atom. The fourth-order valence-electron chi connectivity index (χ4n) is 3.45. The summed E-state index contributed by atoms with van der Waals surface area (Å²) in [6, 6.07) is 17.1. The third-order valence-corrected chi connectivity index (χ3v) is 7.51. The molecule has 3 aromatic rings. The fraction of sp³-hybridized carbons (Fsp3) is 0.217. The first kappa shape index (κ1) is 22.2. The molecule has 0 bridgehead atoms. The summed E-state index contributed by atoms with van der Waals surface area (Å²) in [6.07, 6.45) is 1.46. The van der Waals surface area contributed by atoms with E-state index in [1.165, 1.54) is 35.6 Å². The molecule has 0 spiro atoms. The van der Waals surface area contributed by atoms with E-state index in [0.717, 1.165) is 29.1 Å². The molecule has 2 heterocycles. The Labute approximate surface area is 191 Å². The van der Waals surface area contributed by atoms with Crippen LogP contribution in [0.4, 0.5) is 5.69 Å². The molecule has 1 aliphatic rings. The van der Waals surface area contributed by atoms with E-state index in [2.05, 4.69) is 10.0 Å². The second-order valence-corrected chi connectivity index (χ2v) is 10.2. The Balaban J connectivity index is 1.32. The lowest BCUT2D eigenvalue weighted by molar-refractivity contribution is -0.117. The molecule has 7 nitrogen and oxygen atoms in total. The maximum atomic E-state index is 12.5. The van der Waals surface area contributed by atoms with Crippen LogP contribution < -0.4 is 14.9 Å². The van der Waals surface area contributed by atoms with Crippen LogP contribution in [0.25, 0.3) is 0 Å². The first-order valence-electron chi connectivity index (χ1n) is 10.2. The summed E-state index contributed by atoms with van der Waals surface area (Å²) in [6.45, 7) is 1.30. The number of thiophene rings is 1. The lowest BCUT2D eigenvalue weighted by atomic mass is 10.1. The van der Waals surface area contributed by atoms with Gasteiger partial charge in [-0.1, -0.05) is 18.2 Å². The van der Waals surface area contributed by atoms with Gasteiger partial charge in [-0.15, -0.1) is 11.3 Å². The first-order chi connectivity index (χ1) is 15.4. The van der Waals surface area contributed by atoms with E-state index in [1.807, 2.05) is 41.8 Å². The van der Waals surface area contributed by atoms with Crippen LogP contribution in [0, 0.1) is 0 Å². The standard InChI is InChI=1S/C23H23N3O4S2/c27-22-4-1-13-26(22)19-9-5-17(6-10-19)15-24-23(28)18-7-11-21(12-8-18)32(29,30)25-16-20-3-2-14-31-20/h2-3,5-12,14,25H,1,4,13,15-16H2,(H,24,28). The van der Waals surface area contributed by atoms with Crippen molar-refractivity contribution in [3.8, 4) is 0 Å². The van der Waals surface area contributed by atoms with Crippen molar-refractivity contribution in [3.05, 3.63) is 82.0 Å². The van der Waals surface area contributed by atoms with Crippen molar-refractivity contribution >= 4 is 38.9 Å². The van der Waals surface area contributed by atoms with Crippen molar-refractivity contribution in [1.29, 1.82) is 0 Å². The molecule has 9 heteroatoms. The highest BCUT2D eigenvalue weighted by atomic mass is 32.2. The minimum absolute atomic E-state index is 0.109. The molecule has 2 aromatic carbocycles. The number of anilines is 1. The molecule has 166 valence electrons. The van der Waals surface area contributed by atoms with Crippen LogP contribution in [-0.4, -0.2) is 26.8 Å². The number of hydrogen-bond donors (Lipinski definition) is 2. The highest BCUT2D eigenvalue weighted by Gasteiger charge is 2.21. The number of rotatable bonds is 8. The second kappa shape index (κ2) is 9.64. The molecule has 1 fully saturated rings. The lowest BCUT2D eigenvalue weighted by Crippen LogP contribution is -2.25. The van der Waals surface area contributed by atoms with E-state index >= 15 is 0 Å². The van der Waals surface area contributed by atoms with Gasteiger partial charge in [-0.05, 0) is 59.8 Å². The molecule has 32 heavy (non-hydrogen) atoms. The molecule has 1 saturated heterocycles. The van der Waals surface area contributed by atoms with Crippen molar-refractivity contribution in [1.82, 2.24) is 10.0 Å². The lowest BCUT2D eigenvalue weighted by Gasteiger charge is -2.16. The van der Waals surface area contributed by atoms with Gasteiger partial charge in [-0.3, -0.25) is 9.59 Å². The third kappa shape index (κ3) is 5.24. The molecule has 1 aliphatic heterocycles. The van der Waals surface area contributed by atoms with Gasteiger partial charge in [-0.2, -0.15) is 0 Å². The normalized spacial score (nSPS) is 14.0. The van der Waals surface area contributed by atoms with E-state index in [9.17, 15) is 18.0 Å². The van der Waals surface area contributed by atoms with E-state index in [-0.39, 0.29) is 23.3 Å². The Bertz CT molecular complexity index is 1190. The van der Waals surface area contributed by atoms with Gasteiger partial charge in [0.2, 0.25) is 15.9 Å². The molecule has 0 aliphatic carbocycles. The summed E-state index contributed by atoms with van der Waals surface area (Å²) in [5.74, 6) is -0.155. The number of benzene rings is 2. The van der Waals surface area contributed by atoms with Gasteiger partial charge in [0.25, 0.3) is 5.91 Å². The Morgan fingerprint density at radius 1 is 1.00 bits per heavy atom. The molecule has 4 rings (SSSR count). The SMILES string of the molecule is O=C(NCc1ccc(N2CCCC2=O)cc1)c1ccc(S(=O)(=O)NCc2cccs2)cc1. The van der Waals surface area contributed by atoms with Crippen molar-refractivity contribution in [2.24, 2.45) is 0 Å². The highest BCUT2D eigenvalue weighted by molar-refractivity contribution is 7.89. The monoisotopic (exact) mass is 469 g/mol. The number of carbonyl (C=O) groups excluding carboxylic acids is 2. The first-order valence-corrected chi connectivity index (χ1v) is 12.6. The van der Waals surface area contributed by atoms with Crippen molar-refractivity contribution < 1.29 is 18.0 Å². The van der Waals surface area contributed by atoms with Gasteiger partial charge in [0.05, 0.1) is 4.90 Å². The van der Waals surface area contributed by atoms with Crippen LogP contribution in [0.5, 0.6) is 0 Å². The molecule has 0 saturated carbocycles. The number of amides is 2. The van der Waals surface area contributed by atoms with Crippen molar-refractivity contribution in [2.75, 3.05) is 11.4 Å². The van der Waals surface area contributed by atoms with Crippen LogP contribution >= 0.6 is 11.3 Å². The average Bonchev–Trinajstić information content (AvgIpc) is 3.48. The van der Waals surface area contributed by atoms with Gasteiger partial charge in [0, 0.05) is 42.2 Å². The molecule has 1 aromatic heterocycles. The van der Waals surface area contributed by atoms with Gasteiger partial charge < -0.3 is 10.2 Å². The fourth-order valence-corrected chi connectivity index (χ4v) is 5.19. The molecule has 2 amide bonds. The Kier molecular flexibility index (Phi) is 6.69. The molecular weight excluding hydrogens is 446 g/mol. The molecule has 0 atom stereocenters. The Hall–Kier alpha value is -3.01. The summed E-state index contributed by atoms with van der Waals surface area (Å²) in [5, 5.41) is 4.72. The topological polar surface area (TPSA) is 95.6 Å². The summed E-state index contributed by atoms with van der Waals surface area (Å²) in [5.41, 5.74) is 2.15. The summed E-state index contributed by atoms with van der Waals surface area (Å²) >= 11 is 1.48. The largest absolute Gasteiger partial charge is 0.348 e. The number of hydrogen-bond acceptors (Lipinski definition) is 5. The van der Waals surface area contributed by atoms with Crippen LogP contribution in [-0.2, 0) is 27.9 Å². The Morgan fingerprint density at radius 2 is 1.75 bits per heavy atom. The third-order valence-electron chi connectivity index (χ3n) is 5.22. The minimum atomic E-state index is -3.65. The van der Waals surface area contributed by atoms with Gasteiger partial charge in [0.15, 0.2) is 0 Å². The highest BCUT2D eigenvalue weighted by Crippen LogP contribution is 2.21. The van der Waals surface area contributed by atoms with Crippen LogP contribution in [0.15, 0.2) is 70.9 Å². The van der Waals surface area contributed by atoms with Crippen molar-refractivity contribution in [3.63, 3.8) is 0 Å². The van der Waals surface area contributed by atoms with E-state index in [1.54, 1.807) is 4.90 Å². The minimum Gasteiger partial charge on any atom is -0.348 e. The summed E-state index contributed by atoms with van der Waals surface area (Å²) < 4.78 is 27.4. The van der Waals surface area contributed by atoms with Gasteiger partial charge in [-0.25, -0.2) is 13.1 Å². The molecule has 0 unspecified atom stereocenters. The number of sulfonamides is 1. The quantitative estimate of drug-likeness (QED) is 0.529. The zero-order valence-corrected chi connectivity index (χ0v) is 18.9. The van der Waals surface area contributed by atoms with E-state index < -0.39 is 10.0 Å². The second-order valence-electron chi connectivity index (χ2n) is 7.43. The summed E-state index contributed by atoms with van der Waals surface area (Å²) in [4.78, 5) is 27.1. The molecule has 0 radical (unpaired) electrons. The number of nitrogens with zero attached hydrogens (tertiary/aromatic N) is 1. The van der Waals surface area contributed by atoms with Crippen LogP contribution in [0.3, 0.4) is 0 Å².